The van der Waals surface area contributed by atoms with E-state index in [1.165, 1.54) is 39.9 Å². The maximum Gasteiger partial charge on any atom is 0.261 e. The number of nitrogens with one attached hydrogen (secondary N) is 2. The zero-order valence-electron chi connectivity index (χ0n) is 19.8. The van der Waals surface area contributed by atoms with Crippen molar-refractivity contribution in [1.82, 2.24) is 14.9 Å². The molecule has 1 aliphatic rings. The van der Waals surface area contributed by atoms with Gasteiger partial charge >= 0.3 is 0 Å². The number of benzene rings is 2. The minimum atomic E-state index is -4.01. The highest BCUT2D eigenvalue weighted by Gasteiger charge is 2.37. The van der Waals surface area contributed by atoms with Gasteiger partial charge in [0.15, 0.2) is 0 Å². The standard InChI is InChI=1S/C26H28ClN3O4S2/c1-18(19-7-3-2-4-8-19)29-26(32)24-15-12-21(35-24)17-30(23-9-5-6-16-28-25(23)31)36(33,34)22-13-10-20(27)11-14-22/h2-4,7-8,10-15,18,23H,5-6,9,16-17H2,1H3,(H,28,31)(H,29,32)/t18-,23+/m0/s1. The van der Waals surface area contributed by atoms with Crippen molar-refractivity contribution in [2.45, 2.75) is 49.7 Å². The normalized spacial score (nSPS) is 17.3. The van der Waals surface area contributed by atoms with Crippen LogP contribution in [0.25, 0.3) is 0 Å². The van der Waals surface area contributed by atoms with Gasteiger partial charge in [-0.3, -0.25) is 9.59 Å². The summed E-state index contributed by atoms with van der Waals surface area (Å²) in [6.07, 6.45) is 1.94. The topological polar surface area (TPSA) is 95.6 Å². The average Bonchev–Trinajstić information content (AvgIpc) is 3.24. The molecule has 0 unspecified atom stereocenters. The predicted molar refractivity (Wildman–Crippen MR) is 141 cm³/mol. The largest absolute Gasteiger partial charge is 0.355 e. The van der Waals surface area contributed by atoms with E-state index >= 15 is 0 Å². The van der Waals surface area contributed by atoms with Gasteiger partial charge in [-0.15, -0.1) is 11.3 Å². The Morgan fingerprint density at radius 3 is 2.56 bits per heavy atom. The van der Waals surface area contributed by atoms with Gasteiger partial charge < -0.3 is 10.6 Å². The Kier molecular flexibility index (Phi) is 8.46. The van der Waals surface area contributed by atoms with Gasteiger partial charge in [0.1, 0.15) is 6.04 Å². The van der Waals surface area contributed by atoms with Gasteiger partial charge in [0.05, 0.1) is 15.8 Å². The molecule has 1 aliphatic heterocycles. The van der Waals surface area contributed by atoms with Gasteiger partial charge in [-0.25, -0.2) is 8.42 Å². The molecule has 2 atom stereocenters. The Morgan fingerprint density at radius 1 is 1.11 bits per heavy atom. The molecule has 2 aromatic carbocycles. The number of rotatable bonds is 8. The fourth-order valence-corrected chi connectivity index (χ4v) is 6.85. The van der Waals surface area contributed by atoms with Gasteiger partial charge in [-0.05, 0) is 68.1 Å². The highest BCUT2D eigenvalue weighted by atomic mass is 35.5. The molecule has 0 bridgehead atoms. The third-order valence-corrected chi connectivity index (χ3v) is 9.31. The summed E-state index contributed by atoms with van der Waals surface area (Å²) < 4.78 is 28.6. The Labute approximate surface area is 220 Å². The SMILES string of the molecule is C[C@H](NC(=O)c1ccc(CN([C@@H]2CCCCNC2=O)S(=O)(=O)c2ccc(Cl)cc2)s1)c1ccccc1. The Balaban J connectivity index is 1.58. The van der Waals surface area contributed by atoms with Crippen molar-refractivity contribution in [3.63, 3.8) is 0 Å². The van der Waals surface area contributed by atoms with E-state index in [2.05, 4.69) is 10.6 Å². The lowest BCUT2D eigenvalue weighted by Gasteiger charge is -2.28. The average molecular weight is 546 g/mol. The minimum Gasteiger partial charge on any atom is -0.355 e. The van der Waals surface area contributed by atoms with Crippen molar-refractivity contribution in [1.29, 1.82) is 0 Å². The number of sulfonamides is 1. The van der Waals surface area contributed by atoms with E-state index in [9.17, 15) is 18.0 Å². The number of nitrogens with zero attached hydrogens (tertiary/aromatic N) is 1. The molecular formula is C26H28ClN3O4S2. The number of hydrogen-bond acceptors (Lipinski definition) is 5. The fraction of sp³-hybridized carbons (Fsp3) is 0.308. The number of halogens is 1. The first-order valence-electron chi connectivity index (χ1n) is 11.8. The van der Waals surface area contributed by atoms with E-state index in [1.54, 1.807) is 12.1 Å². The lowest BCUT2D eigenvalue weighted by molar-refractivity contribution is -0.124. The van der Waals surface area contributed by atoms with Crippen LogP contribution in [0.2, 0.25) is 5.02 Å². The first-order chi connectivity index (χ1) is 17.3. The molecule has 10 heteroatoms. The first-order valence-corrected chi connectivity index (χ1v) is 14.4. The zero-order chi connectivity index (χ0) is 25.7. The van der Waals surface area contributed by atoms with Gasteiger partial charge in [0.2, 0.25) is 15.9 Å². The molecule has 0 aliphatic carbocycles. The van der Waals surface area contributed by atoms with Crippen LogP contribution < -0.4 is 10.6 Å². The summed E-state index contributed by atoms with van der Waals surface area (Å²) in [5.41, 5.74) is 0.988. The first kappa shape index (κ1) is 26.3. The van der Waals surface area contributed by atoms with E-state index < -0.39 is 16.1 Å². The van der Waals surface area contributed by atoms with Crippen molar-refractivity contribution in [3.05, 3.63) is 87.1 Å². The van der Waals surface area contributed by atoms with Crippen LogP contribution in [0.5, 0.6) is 0 Å². The van der Waals surface area contributed by atoms with Crippen LogP contribution in [0.4, 0.5) is 0 Å². The molecule has 190 valence electrons. The second-order valence-electron chi connectivity index (χ2n) is 8.68. The zero-order valence-corrected chi connectivity index (χ0v) is 22.2. The molecule has 1 fully saturated rings. The van der Waals surface area contributed by atoms with E-state index in [4.69, 9.17) is 11.6 Å². The van der Waals surface area contributed by atoms with E-state index in [0.717, 1.165) is 18.4 Å². The smallest absolute Gasteiger partial charge is 0.261 e. The lowest BCUT2D eigenvalue weighted by atomic mass is 10.1. The summed E-state index contributed by atoms with van der Waals surface area (Å²) in [5, 5.41) is 6.23. The van der Waals surface area contributed by atoms with Crippen LogP contribution in [-0.4, -0.2) is 37.1 Å². The van der Waals surface area contributed by atoms with E-state index in [0.29, 0.717) is 27.7 Å². The van der Waals surface area contributed by atoms with E-state index in [-0.39, 0.29) is 29.3 Å². The fourth-order valence-electron chi connectivity index (χ4n) is 4.13. The van der Waals surface area contributed by atoms with Crippen LogP contribution in [0.3, 0.4) is 0 Å². The van der Waals surface area contributed by atoms with Crippen LogP contribution in [0.15, 0.2) is 71.6 Å². The predicted octanol–water partition coefficient (Wildman–Crippen LogP) is 4.75. The molecule has 4 rings (SSSR count). The highest BCUT2D eigenvalue weighted by molar-refractivity contribution is 7.89. The van der Waals surface area contributed by atoms with Gasteiger partial charge in [0.25, 0.3) is 5.91 Å². The Hall–Kier alpha value is -2.72. The summed E-state index contributed by atoms with van der Waals surface area (Å²) in [4.78, 5) is 26.9. The summed E-state index contributed by atoms with van der Waals surface area (Å²) in [7, 11) is -4.01. The Morgan fingerprint density at radius 2 is 1.83 bits per heavy atom. The van der Waals surface area contributed by atoms with Crippen molar-refractivity contribution in [2.24, 2.45) is 0 Å². The van der Waals surface area contributed by atoms with Crippen molar-refractivity contribution in [2.75, 3.05) is 6.54 Å². The minimum absolute atomic E-state index is 0.0186. The molecule has 0 spiro atoms. The molecule has 2 N–H and O–H groups in total. The Bertz CT molecular complexity index is 1310. The molecule has 0 saturated carbocycles. The van der Waals surface area contributed by atoms with Crippen LogP contribution >= 0.6 is 22.9 Å². The van der Waals surface area contributed by atoms with Crippen molar-refractivity contribution >= 4 is 44.8 Å². The molecule has 1 saturated heterocycles. The molecule has 2 heterocycles. The number of hydrogen-bond donors (Lipinski definition) is 2. The third kappa shape index (κ3) is 6.15. The quantitative estimate of drug-likeness (QED) is 0.427. The molecule has 3 aromatic rings. The molecule has 0 radical (unpaired) electrons. The summed E-state index contributed by atoms with van der Waals surface area (Å²) in [6.45, 7) is 2.41. The molecular weight excluding hydrogens is 518 g/mol. The molecule has 36 heavy (non-hydrogen) atoms. The van der Waals surface area contributed by atoms with Crippen molar-refractivity contribution < 1.29 is 18.0 Å². The number of thiophene rings is 1. The van der Waals surface area contributed by atoms with Crippen LogP contribution in [0, 0.1) is 0 Å². The maximum absolute atomic E-state index is 13.7. The summed E-state index contributed by atoms with van der Waals surface area (Å²) in [5.74, 6) is -0.543. The van der Waals surface area contributed by atoms with Crippen LogP contribution in [0.1, 0.15) is 52.3 Å². The van der Waals surface area contributed by atoms with Gasteiger partial charge in [0, 0.05) is 23.0 Å². The number of carbonyl (C=O) groups excluding carboxylic acids is 2. The molecule has 1 aromatic heterocycles. The second kappa shape index (κ2) is 11.6. The summed E-state index contributed by atoms with van der Waals surface area (Å²) >= 11 is 7.18. The molecule has 7 nitrogen and oxygen atoms in total. The molecule has 2 amide bonds. The second-order valence-corrected chi connectivity index (χ2v) is 12.2. The highest BCUT2D eigenvalue weighted by Crippen LogP contribution is 2.28. The number of amides is 2. The van der Waals surface area contributed by atoms with E-state index in [1.807, 2.05) is 37.3 Å². The third-order valence-electron chi connectivity index (χ3n) is 6.12. The van der Waals surface area contributed by atoms with Crippen LogP contribution in [-0.2, 0) is 21.4 Å². The van der Waals surface area contributed by atoms with Gasteiger partial charge in [-0.2, -0.15) is 4.31 Å². The van der Waals surface area contributed by atoms with Gasteiger partial charge in [-0.1, -0.05) is 41.9 Å². The number of carbonyl (C=O) groups is 2. The monoisotopic (exact) mass is 545 g/mol. The van der Waals surface area contributed by atoms with Crippen molar-refractivity contribution in [3.8, 4) is 0 Å². The lowest BCUT2D eigenvalue weighted by Crippen LogP contribution is -2.48. The summed E-state index contributed by atoms with van der Waals surface area (Å²) in [6, 6.07) is 18.0. The maximum atomic E-state index is 13.7.